The standard InChI is InChI=1S/C28H34N2O3/c1-4-5-6-7-8-21-9-11-22(12-10-21)24-17-29-27(30-18-24)23-13-15-25(16-14-23)31-19-26-20-32-28(2,3)33-26/h9-18,26H,4-8,19-20H2,1-3H3/t26-/m0/s1. The molecule has 4 rings (SSSR count). The average molecular weight is 447 g/mol. The number of unbranched alkanes of at least 4 members (excludes halogenated alkanes) is 3. The van der Waals surface area contributed by atoms with Gasteiger partial charge in [0.25, 0.3) is 0 Å². The zero-order chi connectivity index (χ0) is 23.1. The van der Waals surface area contributed by atoms with Gasteiger partial charge in [-0.05, 0) is 62.1 Å². The van der Waals surface area contributed by atoms with Crippen molar-refractivity contribution in [2.24, 2.45) is 0 Å². The Bertz CT molecular complexity index is 999. The first-order valence-electron chi connectivity index (χ1n) is 12.0. The third kappa shape index (κ3) is 6.62. The van der Waals surface area contributed by atoms with E-state index in [2.05, 4.69) is 41.2 Å². The lowest BCUT2D eigenvalue weighted by Gasteiger charge is -2.17. The molecule has 1 atom stereocenters. The van der Waals surface area contributed by atoms with Crippen LogP contribution >= 0.6 is 0 Å². The molecule has 0 N–H and O–H groups in total. The second-order valence-electron chi connectivity index (χ2n) is 9.09. The number of ether oxygens (including phenoxy) is 3. The van der Waals surface area contributed by atoms with Crippen LogP contribution in [0.3, 0.4) is 0 Å². The minimum Gasteiger partial charge on any atom is -0.491 e. The number of benzene rings is 2. The van der Waals surface area contributed by atoms with Gasteiger partial charge >= 0.3 is 0 Å². The molecule has 1 aromatic heterocycles. The number of aromatic nitrogens is 2. The molecule has 2 heterocycles. The van der Waals surface area contributed by atoms with E-state index in [1.807, 2.05) is 50.5 Å². The van der Waals surface area contributed by atoms with Crippen molar-refractivity contribution in [3.63, 3.8) is 0 Å². The third-order valence-electron chi connectivity index (χ3n) is 5.87. The molecule has 0 unspecified atom stereocenters. The summed E-state index contributed by atoms with van der Waals surface area (Å²) in [6.07, 6.45) is 10.0. The summed E-state index contributed by atoms with van der Waals surface area (Å²) in [6.45, 7) is 7.09. The number of hydrogen-bond donors (Lipinski definition) is 0. The molecule has 0 saturated carbocycles. The maximum atomic E-state index is 5.85. The normalized spacial score (nSPS) is 17.2. The Kier molecular flexibility index (Phi) is 7.73. The van der Waals surface area contributed by atoms with E-state index in [1.54, 1.807) is 0 Å². The largest absolute Gasteiger partial charge is 0.491 e. The smallest absolute Gasteiger partial charge is 0.163 e. The molecule has 0 spiro atoms. The molecule has 5 heteroatoms. The van der Waals surface area contributed by atoms with Gasteiger partial charge in [0.2, 0.25) is 0 Å². The van der Waals surface area contributed by atoms with E-state index in [1.165, 1.54) is 31.2 Å². The summed E-state index contributed by atoms with van der Waals surface area (Å²) >= 11 is 0. The number of rotatable bonds is 10. The molecule has 2 aromatic carbocycles. The summed E-state index contributed by atoms with van der Waals surface area (Å²) in [5.74, 6) is 0.961. The van der Waals surface area contributed by atoms with Crippen molar-refractivity contribution in [3.8, 4) is 28.3 Å². The zero-order valence-electron chi connectivity index (χ0n) is 19.9. The zero-order valence-corrected chi connectivity index (χ0v) is 19.9. The Morgan fingerprint density at radius 1 is 0.879 bits per heavy atom. The molecule has 0 amide bonds. The lowest BCUT2D eigenvalue weighted by molar-refractivity contribution is -0.141. The monoisotopic (exact) mass is 446 g/mol. The molecule has 1 aliphatic rings. The first kappa shape index (κ1) is 23.4. The fourth-order valence-electron chi connectivity index (χ4n) is 3.98. The highest BCUT2D eigenvalue weighted by atomic mass is 16.7. The van der Waals surface area contributed by atoms with Gasteiger partial charge in [-0.15, -0.1) is 0 Å². The molecular weight excluding hydrogens is 412 g/mol. The van der Waals surface area contributed by atoms with Crippen LogP contribution in [0.2, 0.25) is 0 Å². The SMILES string of the molecule is CCCCCCc1ccc(-c2cnc(-c3ccc(OC[C@H]4COC(C)(C)O4)cc3)nc2)cc1. The van der Waals surface area contributed by atoms with E-state index in [-0.39, 0.29) is 6.10 Å². The van der Waals surface area contributed by atoms with Crippen LogP contribution < -0.4 is 4.74 Å². The van der Waals surface area contributed by atoms with Crippen LogP contribution in [0.5, 0.6) is 5.75 Å². The van der Waals surface area contributed by atoms with E-state index in [4.69, 9.17) is 14.2 Å². The molecule has 0 bridgehead atoms. The maximum Gasteiger partial charge on any atom is 0.163 e. The van der Waals surface area contributed by atoms with Crippen LogP contribution in [-0.2, 0) is 15.9 Å². The second-order valence-corrected chi connectivity index (χ2v) is 9.09. The van der Waals surface area contributed by atoms with Crippen LogP contribution in [0.4, 0.5) is 0 Å². The molecule has 3 aromatic rings. The summed E-state index contributed by atoms with van der Waals surface area (Å²) in [5, 5.41) is 0. The number of aryl methyl sites for hydroxylation is 1. The van der Waals surface area contributed by atoms with Crippen LogP contribution in [0.15, 0.2) is 60.9 Å². The van der Waals surface area contributed by atoms with Crippen LogP contribution in [-0.4, -0.2) is 35.1 Å². The van der Waals surface area contributed by atoms with Gasteiger partial charge in [0.15, 0.2) is 11.6 Å². The summed E-state index contributed by atoms with van der Waals surface area (Å²) in [6, 6.07) is 16.6. The fraction of sp³-hybridized carbons (Fsp3) is 0.429. The molecule has 1 saturated heterocycles. The molecule has 1 aliphatic heterocycles. The minimum absolute atomic E-state index is 0.0503. The van der Waals surface area contributed by atoms with Gasteiger partial charge in [-0.3, -0.25) is 0 Å². The third-order valence-corrected chi connectivity index (χ3v) is 5.87. The Balaban J connectivity index is 1.31. The van der Waals surface area contributed by atoms with E-state index in [0.717, 1.165) is 28.9 Å². The van der Waals surface area contributed by atoms with Crippen molar-refractivity contribution >= 4 is 0 Å². The minimum atomic E-state index is -0.530. The summed E-state index contributed by atoms with van der Waals surface area (Å²) in [5.41, 5.74) is 4.52. The highest BCUT2D eigenvalue weighted by molar-refractivity contribution is 5.64. The summed E-state index contributed by atoms with van der Waals surface area (Å²) < 4.78 is 17.2. The predicted octanol–water partition coefficient (Wildman–Crippen LogP) is 6.46. The van der Waals surface area contributed by atoms with E-state index in [0.29, 0.717) is 19.0 Å². The van der Waals surface area contributed by atoms with Gasteiger partial charge in [-0.1, -0.05) is 50.5 Å². The molecule has 1 fully saturated rings. The Morgan fingerprint density at radius 3 is 2.21 bits per heavy atom. The van der Waals surface area contributed by atoms with Gasteiger partial charge in [-0.25, -0.2) is 9.97 Å². The van der Waals surface area contributed by atoms with Gasteiger partial charge in [0, 0.05) is 23.5 Å². The van der Waals surface area contributed by atoms with Gasteiger partial charge < -0.3 is 14.2 Å². The number of hydrogen-bond acceptors (Lipinski definition) is 5. The van der Waals surface area contributed by atoms with Gasteiger partial charge in [-0.2, -0.15) is 0 Å². The molecular formula is C28H34N2O3. The Labute approximate surface area is 197 Å². The first-order valence-corrected chi connectivity index (χ1v) is 12.0. The molecule has 5 nitrogen and oxygen atoms in total. The molecule has 33 heavy (non-hydrogen) atoms. The molecule has 174 valence electrons. The van der Waals surface area contributed by atoms with Crippen LogP contribution in [0.25, 0.3) is 22.5 Å². The van der Waals surface area contributed by atoms with Crippen molar-refractivity contribution in [3.05, 3.63) is 66.5 Å². The van der Waals surface area contributed by atoms with Gasteiger partial charge in [0.1, 0.15) is 18.5 Å². The highest BCUT2D eigenvalue weighted by Gasteiger charge is 2.32. The van der Waals surface area contributed by atoms with Crippen LogP contribution in [0, 0.1) is 0 Å². The second kappa shape index (κ2) is 10.9. The first-order chi connectivity index (χ1) is 16.0. The van der Waals surface area contributed by atoms with Crippen molar-refractivity contribution in [2.75, 3.05) is 13.2 Å². The molecule has 0 aliphatic carbocycles. The lowest BCUT2D eigenvalue weighted by atomic mass is 10.0. The quantitative estimate of drug-likeness (QED) is 0.334. The lowest BCUT2D eigenvalue weighted by Crippen LogP contribution is -2.25. The Morgan fingerprint density at radius 2 is 1.58 bits per heavy atom. The van der Waals surface area contributed by atoms with E-state index >= 15 is 0 Å². The van der Waals surface area contributed by atoms with Gasteiger partial charge in [0.05, 0.1) is 6.61 Å². The molecule has 0 radical (unpaired) electrons. The van der Waals surface area contributed by atoms with Crippen molar-refractivity contribution in [1.29, 1.82) is 0 Å². The van der Waals surface area contributed by atoms with Crippen molar-refractivity contribution in [1.82, 2.24) is 9.97 Å². The topological polar surface area (TPSA) is 53.5 Å². The van der Waals surface area contributed by atoms with Crippen molar-refractivity contribution in [2.45, 2.75) is 64.8 Å². The Hall–Kier alpha value is -2.76. The average Bonchev–Trinajstić information content (AvgIpc) is 3.20. The predicted molar refractivity (Wildman–Crippen MR) is 131 cm³/mol. The van der Waals surface area contributed by atoms with Crippen LogP contribution in [0.1, 0.15) is 52.0 Å². The number of nitrogens with zero attached hydrogens (tertiary/aromatic N) is 2. The summed E-state index contributed by atoms with van der Waals surface area (Å²) in [7, 11) is 0. The van der Waals surface area contributed by atoms with E-state index < -0.39 is 5.79 Å². The van der Waals surface area contributed by atoms with E-state index in [9.17, 15) is 0 Å². The fourth-order valence-corrected chi connectivity index (χ4v) is 3.98. The summed E-state index contributed by atoms with van der Waals surface area (Å²) in [4.78, 5) is 9.17. The maximum absolute atomic E-state index is 5.85. The van der Waals surface area contributed by atoms with Crippen molar-refractivity contribution < 1.29 is 14.2 Å². The highest BCUT2D eigenvalue weighted by Crippen LogP contribution is 2.25.